The molecule has 6 heteroatoms. The summed E-state index contributed by atoms with van der Waals surface area (Å²) in [4.78, 5) is 20.8. The van der Waals surface area contributed by atoms with Crippen molar-refractivity contribution in [2.45, 2.75) is 191 Å². The van der Waals surface area contributed by atoms with Gasteiger partial charge < -0.3 is 9.97 Å². The molecule has 0 saturated heterocycles. The third kappa shape index (κ3) is 6.49. The molecule has 3 aromatic rings. The molecular weight excluding hydrogens is 905 g/mol. The van der Waals surface area contributed by atoms with Crippen LogP contribution in [0.5, 0.6) is 0 Å². The molecule has 5 heterocycles. The van der Waals surface area contributed by atoms with Crippen molar-refractivity contribution in [2.75, 3.05) is 0 Å². The third-order valence-corrected chi connectivity index (χ3v) is 33.4. The second-order valence-electron chi connectivity index (χ2n) is 25.9. The molecule has 2 aliphatic heterocycles. The smallest absolute Gasteiger partial charge is 0.146 e. The molecule has 72 heavy (non-hydrogen) atoms. The zero-order chi connectivity index (χ0) is 49.9. The molecule has 16 bridgehead atoms. The molecule has 0 aromatic carbocycles. The van der Waals surface area contributed by atoms with Gasteiger partial charge in [-0.1, -0.05) is 144 Å². The number of nitrogens with zero attached hydrogens (tertiary/aromatic N) is 2. The van der Waals surface area contributed by atoms with Gasteiger partial charge in [-0.2, -0.15) is 0 Å². The first-order chi connectivity index (χ1) is 34.6. The van der Waals surface area contributed by atoms with Crippen molar-refractivity contribution < 1.29 is 0 Å². The lowest BCUT2D eigenvalue weighted by Gasteiger charge is -2.38. The van der Waals surface area contributed by atoms with Gasteiger partial charge in [0.1, 0.15) is 16.1 Å². The highest BCUT2D eigenvalue weighted by atomic mass is 28.3. The second kappa shape index (κ2) is 16.8. The zero-order valence-corrected chi connectivity index (χ0v) is 47.4. The van der Waals surface area contributed by atoms with E-state index in [1.807, 2.05) is 0 Å². The van der Waals surface area contributed by atoms with E-state index < -0.39 is 16.1 Å². The summed E-state index contributed by atoms with van der Waals surface area (Å²) in [6.45, 7) is 29.5. The van der Waals surface area contributed by atoms with E-state index in [4.69, 9.17) is 9.97 Å². The van der Waals surface area contributed by atoms with Crippen molar-refractivity contribution in [1.29, 1.82) is 0 Å². The first-order valence-electron chi connectivity index (χ1n) is 28.8. The van der Waals surface area contributed by atoms with Gasteiger partial charge in [-0.25, -0.2) is 9.97 Å². The van der Waals surface area contributed by atoms with Gasteiger partial charge in [0.2, 0.25) is 0 Å². The van der Waals surface area contributed by atoms with Crippen LogP contribution in [-0.4, -0.2) is 36.1 Å². The lowest BCUT2D eigenvalue weighted by atomic mass is 9.69. The molecule has 0 saturated carbocycles. The fourth-order valence-electron chi connectivity index (χ4n) is 17.6. The Labute approximate surface area is 433 Å². The van der Waals surface area contributed by atoms with Crippen molar-refractivity contribution in [3.8, 4) is 22.9 Å². The number of nitrogens with one attached hydrogen (secondary N) is 2. The Morgan fingerprint density at radius 1 is 0.389 bits per heavy atom. The highest BCUT2D eigenvalue weighted by molar-refractivity contribution is 6.91. The summed E-state index contributed by atoms with van der Waals surface area (Å²) in [5.74, 6) is 11.2. The van der Waals surface area contributed by atoms with Crippen molar-refractivity contribution in [3.05, 3.63) is 117 Å². The van der Waals surface area contributed by atoms with Crippen molar-refractivity contribution in [2.24, 2.45) is 23.7 Å². The number of hydrogen-bond donors (Lipinski definition) is 2. The van der Waals surface area contributed by atoms with Crippen LogP contribution in [0.3, 0.4) is 0 Å². The molecule has 2 N–H and O–H groups in total. The Morgan fingerprint density at radius 2 is 0.681 bits per heavy atom. The molecule has 17 rings (SSSR count). The molecule has 0 fully saturated rings. The minimum absolute atomic E-state index is 0.325. The summed E-state index contributed by atoms with van der Waals surface area (Å²) in [6, 6.07) is 5.02. The fraction of sp³-hybridized carbons (Fsp3) is 0.515. The Bertz CT molecular complexity index is 3150. The SMILES string of the molecule is CC(C)[Si](C#Cc1c2nc(cc3[nH]c(c4c3C3C=CC4CC3)c(C#C[Si](C(C)C)(C(C)C)C(C)C)c3[nH]c(cc4nc1C1=C4C4C=CC1CC4)c1c3C3C=CC1CC3)C1=C2C2C=CC1CC2)(C(C)C)C(C)C. The Hall–Kier alpha value is -4.89. The molecule has 0 radical (unpaired) electrons. The topological polar surface area (TPSA) is 57.4 Å². The van der Waals surface area contributed by atoms with Gasteiger partial charge in [0, 0.05) is 58.4 Å². The molecule has 8 atom stereocenters. The predicted octanol–water partition coefficient (Wildman–Crippen LogP) is 17.5. The molecule has 4 nitrogen and oxygen atoms in total. The van der Waals surface area contributed by atoms with Gasteiger partial charge in [0.25, 0.3) is 0 Å². The molecule has 8 unspecified atom stereocenters. The van der Waals surface area contributed by atoms with E-state index in [9.17, 15) is 0 Å². The summed E-state index contributed by atoms with van der Waals surface area (Å²) >= 11 is 0. The van der Waals surface area contributed by atoms with E-state index in [1.54, 1.807) is 0 Å². The Morgan fingerprint density at radius 3 is 1.00 bits per heavy atom. The molecule has 12 aliphatic carbocycles. The highest BCUT2D eigenvalue weighted by Gasteiger charge is 2.46. The van der Waals surface area contributed by atoms with E-state index in [-0.39, 0.29) is 0 Å². The minimum Gasteiger partial charge on any atom is -0.354 e. The molecule has 3 aromatic heterocycles. The summed E-state index contributed by atoms with van der Waals surface area (Å²) in [6.07, 6.45) is 29.6. The number of aromatic nitrogens is 4. The normalized spacial score (nSPS) is 26.9. The van der Waals surface area contributed by atoms with Crippen LogP contribution in [0.4, 0.5) is 0 Å². The quantitative estimate of drug-likeness (QED) is 0.147. The van der Waals surface area contributed by atoms with Crippen LogP contribution in [0.25, 0.3) is 44.4 Å². The second-order valence-corrected chi connectivity index (χ2v) is 37.0. The molecule has 0 amide bonds. The average Bonchev–Trinajstić information content (AvgIpc) is 4.17. The van der Waals surface area contributed by atoms with Crippen molar-refractivity contribution in [1.82, 2.24) is 19.9 Å². The maximum absolute atomic E-state index is 6.05. The maximum atomic E-state index is 6.05. The molecule has 0 spiro atoms. The number of fused-ring (bicyclic) bond motifs is 12. The number of rotatable bonds is 6. The standard InChI is InChI=1S/C66H78N4Si2/c1-35(2)71(36(3)4,37(5)6)31-29-49-63-59-45-21-13-41(14-22-45)55(59)51(67-63)33-53-57-43-17-25-47(26-18-43)61(57)65(69-53)50(30-32-72(38(7)8,39(9)10)40(11)12)66-62-48-27-19-44(20-28-48)58(62)54(70-66)34-52-56-42-15-23-46(24-16-42)60(56)64(49)68-52/h13,15,17,19,21,23,25,27,33-48,67-68H,14,16,18,20,22,24,26,28H2,1-12H3. The summed E-state index contributed by atoms with van der Waals surface area (Å²) in [5.41, 5.74) is 35.3. The van der Waals surface area contributed by atoms with Crippen LogP contribution < -0.4 is 0 Å². The lowest BCUT2D eigenvalue weighted by molar-refractivity contribution is 0.557. The van der Waals surface area contributed by atoms with Crippen LogP contribution in [0.15, 0.2) is 60.7 Å². The van der Waals surface area contributed by atoms with Crippen molar-refractivity contribution >= 4 is 60.5 Å². The molecular formula is C66H78N4Si2. The van der Waals surface area contributed by atoms with E-state index in [0.29, 0.717) is 80.6 Å². The van der Waals surface area contributed by atoms with Crippen molar-refractivity contribution in [3.63, 3.8) is 0 Å². The fourth-order valence-corrected chi connectivity index (χ4v) is 28.0. The van der Waals surface area contributed by atoms with Gasteiger partial charge in [-0.15, -0.1) is 11.1 Å². The number of allylic oxidation sites excluding steroid dienone is 12. The lowest BCUT2D eigenvalue weighted by Crippen LogP contribution is -2.43. The molecule has 14 aliphatic rings. The van der Waals surface area contributed by atoms with Crippen LogP contribution >= 0.6 is 0 Å². The van der Waals surface area contributed by atoms with Gasteiger partial charge in [-0.05, 0) is 141 Å². The number of hydrogen-bond acceptors (Lipinski definition) is 2. The van der Waals surface area contributed by atoms with Gasteiger partial charge in [0.15, 0.2) is 0 Å². The summed E-state index contributed by atoms with van der Waals surface area (Å²) in [5, 5.41) is 0. The van der Waals surface area contributed by atoms with E-state index >= 15 is 0 Å². The minimum atomic E-state index is -2.16. The van der Waals surface area contributed by atoms with Crippen LogP contribution in [0, 0.1) is 46.6 Å². The van der Waals surface area contributed by atoms with Crippen LogP contribution in [0.1, 0.15) is 214 Å². The van der Waals surface area contributed by atoms with E-state index in [0.717, 1.165) is 41.2 Å². The summed E-state index contributed by atoms with van der Waals surface area (Å²) in [7, 11) is -4.30. The number of aromatic amines is 2. The Kier molecular flexibility index (Phi) is 10.9. The first kappa shape index (κ1) is 46.9. The first-order valence-corrected chi connectivity index (χ1v) is 33.2. The monoisotopic (exact) mass is 983 g/mol. The van der Waals surface area contributed by atoms with Gasteiger partial charge in [-0.3, -0.25) is 0 Å². The van der Waals surface area contributed by atoms with E-state index in [1.165, 1.54) is 111 Å². The highest BCUT2D eigenvalue weighted by Crippen LogP contribution is 2.58. The van der Waals surface area contributed by atoms with Gasteiger partial charge in [0.05, 0.1) is 44.9 Å². The van der Waals surface area contributed by atoms with Gasteiger partial charge >= 0.3 is 0 Å². The van der Waals surface area contributed by atoms with Crippen LogP contribution in [-0.2, 0) is 0 Å². The number of H-pyrrole nitrogens is 2. The predicted molar refractivity (Wildman–Crippen MR) is 309 cm³/mol. The average molecular weight is 984 g/mol. The maximum Gasteiger partial charge on any atom is 0.146 e. The van der Waals surface area contributed by atoms with Crippen LogP contribution in [0.2, 0.25) is 33.2 Å². The third-order valence-electron chi connectivity index (χ3n) is 20.8. The molecule has 370 valence electrons. The van der Waals surface area contributed by atoms with E-state index in [2.05, 4.69) is 177 Å². The summed E-state index contributed by atoms with van der Waals surface area (Å²) < 4.78 is 0. The largest absolute Gasteiger partial charge is 0.354 e. The zero-order valence-electron chi connectivity index (χ0n) is 45.4. The Balaban J connectivity index is 1.24.